The zero-order chi connectivity index (χ0) is 42.4. The molecule has 298 valence electrons. The van der Waals surface area contributed by atoms with Crippen LogP contribution in [0.3, 0.4) is 0 Å². The number of amides is 3. The normalized spacial score (nSPS) is 11.2. The van der Waals surface area contributed by atoms with E-state index in [2.05, 4.69) is 20.8 Å². The molecule has 0 aliphatic heterocycles. The molecule has 0 saturated heterocycles. The van der Waals surface area contributed by atoms with Crippen molar-refractivity contribution in [3.63, 3.8) is 0 Å². The third-order valence-corrected chi connectivity index (χ3v) is 10.6. The van der Waals surface area contributed by atoms with Gasteiger partial charge in [0.25, 0.3) is 5.91 Å². The van der Waals surface area contributed by atoms with Gasteiger partial charge in [0.2, 0.25) is 31.9 Å². The number of primary sulfonamides is 2. The lowest BCUT2D eigenvalue weighted by Crippen LogP contribution is -2.18. The quantitative estimate of drug-likeness (QED) is 0.110. The second-order valence-corrected chi connectivity index (χ2v) is 15.9. The number of aromatic nitrogens is 4. The van der Waals surface area contributed by atoms with Gasteiger partial charge >= 0.3 is 0 Å². The molecule has 58 heavy (non-hydrogen) atoms. The number of nitriles is 1. The number of phenolic OH excluding ortho intramolecular Hbond substituents is 1. The van der Waals surface area contributed by atoms with Gasteiger partial charge in [0.1, 0.15) is 21.6 Å². The van der Waals surface area contributed by atoms with E-state index < -0.39 is 31.9 Å². The van der Waals surface area contributed by atoms with Crippen LogP contribution in [0.1, 0.15) is 27.0 Å². The average Bonchev–Trinajstić information content (AvgIpc) is 3.85. The number of nitrogens with zero attached hydrogens (tertiary/aromatic N) is 5. The predicted molar refractivity (Wildman–Crippen MR) is 212 cm³/mol. The Morgan fingerprint density at radius 2 is 1.26 bits per heavy atom. The highest BCUT2D eigenvalue weighted by Gasteiger charge is 2.20. The van der Waals surface area contributed by atoms with Crippen molar-refractivity contribution >= 4 is 72.3 Å². The summed E-state index contributed by atoms with van der Waals surface area (Å²) in [7, 11) is -8.32. The number of anilines is 2. The Kier molecular flexibility index (Phi) is 13.0. The van der Waals surface area contributed by atoms with Crippen molar-refractivity contribution in [3.8, 4) is 23.2 Å². The smallest absolute Gasteiger partial charge is 0.251 e. The van der Waals surface area contributed by atoms with Crippen LogP contribution in [0.15, 0.2) is 113 Å². The molecule has 4 aromatic carbocycles. The Morgan fingerprint density at radius 1 is 0.741 bits per heavy atom. The number of nitrogens with two attached hydrogens (primary N) is 3. The summed E-state index contributed by atoms with van der Waals surface area (Å²) in [6.45, 7) is 0. The van der Waals surface area contributed by atoms with E-state index in [0.29, 0.717) is 16.1 Å². The van der Waals surface area contributed by atoms with Crippen molar-refractivity contribution in [2.24, 2.45) is 16.0 Å². The van der Waals surface area contributed by atoms with E-state index in [0.717, 1.165) is 4.68 Å². The second-order valence-electron chi connectivity index (χ2n) is 12.1. The van der Waals surface area contributed by atoms with E-state index in [1.54, 1.807) is 36.4 Å². The molecule has 0 spiro atoms. The van der Waals surface area contributed by atoms with Crippen molar-refractivity contribution < 1.29 is 36.3 Å². The van der Waals surface area contributed by atoms with Crippen molar-refractivity contribution in [2.75, 3.05) is 10.6 Å². The average molecular weight is 866 g/mol. The van der Waals surface area contributed by atoms with E-state index in [1.807, 2.05) is 6.07 Å². The van der Waals surface area contributed by atoms with Crippen LogP contribution < -0.4 is 26.6 Å². The summed E-state index contributed by atoms with van der Waals surface area (Å²) in [6, 6.07) is 21.5. The number of carbonyl (C=O) groups is 3. The Labute approximate surface area is 340 Å². The summed E-state index contributed by atoms with van der Waals surface area (Å²) >= 11 is 12.0. The number of phenols is 1. The second kappa shape index (κ2) is 17.7. The van der Waals surface area contributed by atoms with Crippen LogP contribution in [-0.2, 0) is 42.5 Å². The molecule has 0 fully saturated rings. The number of primary amides is 1. The highest BCUT2D eigenvalue weighted by molar-refractivity contribution is 7.89. The maximum Gasteiger partial charge on any atom is 0.251 e. The van der Waals surface area contributed by atoms with E-state index in [4.69, 9.17) is 44.5 Å². The lowest BCUT2D eigenvalue weighted by molar-refractivity contribution is -0.116. The van der Waals surface area contributed by atoms with Crippen molar-refractivity contribution in [2.45, 2.75) is 22.6 Å². The Bertz CT molecular complexity index is 2840. The van der Waals surface area contributed by atoms with Gasteiger partial charge < -0.3 is 21.5 Å². The van der Waals surface area contributed by atoms with Gasteiger partial charge in [-0.2, -0.15) is 15.5 Å². The van der Waals surface area contributed by atoms with Crippen LogP contribution in [0.4, 0.5) is 11.4 Å². The van der Waals surface area contributed by atoms with Crippen LogP contribution in [-0.4, -0.2) is 59.2 Å². The Balaban J connectivity index is 0.000000221. The number of sulfonamides is 2. The minimum absolute atomic E-state index is 0.00720. The first-order chi connectivity index (χ1) is 27.3. The molecular weight excluding hydrogens is 835 g/mol. The number of hydrogen-bond donors (Lipinski definition) is 6. The Hall–Kier alpha value is -6.60. The number of hydrogen-bond acceptors (Lipinski definition) is 11. The van der Waals surface area contributed by atoms with Crippen molar-refractivity contribution in [3.05, 3.63) is 136 Å². The fourth-order valence-corrected chi connectivity index (χ4v) is 7.10. The van der Waals surface area contributed by atoms with Gasteiger partial charge in [-0.1, -0.05) is 53.5 Å². The molecule has 2 heterocycles. The lowest BCUT2D eigenvalue weighted by atomic mass is 10.1. The van der Waals surface area contributed by atoms with Crippen LogP contribution >= 0.6 is 23.2 Å². The number of nitrogens with one attached hydrogen (secondary N) is 2. The standard InChI is InChI=1S/C18H14ClN5O4S.C18H16ClN5O4S/c19-18-12(2-1-3-15(18)25)6-17(26)23-13-4-5-14(16(7-13)29(21,27)28)24-10-11(8-20)9-22-24;19-14-4-2-1-3-11(14)7-17(25)23-13-5-6-15(16(8-13)29(21,27)28)24-10-12(9-22-24)18(20)26/h1-5,7,9-10,25H,6H2,(H,23,26)(H2,21,27,28);1-6,8-10H,7H2,(H2,20,26)(H,23,25)(H2,21,27,28). The third-order valence-electron chi connectivity index (χ3n) is 7.89. The first-order valence-electron chi connectivity index (χ1n) is 16.3. The number of halogens is 2. The number of rotatable bonds is 11. The SMILES string of the molecule is N#Cc1cnn(-c2ccc(NC(=O)Cc3cccc(O)c3Cl)cc2S(N)(=O)=O)c1.NC(=O)c1cnn(-c2ccc(NC(=O)Cc3ccccc3Cl)cc2S(N)(=O)=O)c1. The largest absolute Gasteiger partial charge is 0.506 e. The molecular formula is C36H30Cl2N10O8S2. The summed E-state index contributed by atoms with van der Waals surface area (Å²) in [5.41, 5.74) is 7.21. The minimum Gasteiger partial charge on any atom is -0.506 e. The van der Waals surface area contributed by atoms with Crippen LogP contribution in [0, 0.1) is 11.3 Å². The fraction of sp³-hybridized carbons (Fsp3) is 0.0556. The minimum atomic E-state index is -4.17. The topological polar surface area (TPSA) is 301 Å². The molecule has 0 aliphatic rings. The van der Waals surface area contributed by atoms with E-state index >= 15 is 0 Å². The molecule has 9 N–H and O–H groups in total. The first kappa shape index (κ1) is 42.5. The van der Waals surface area contributed by atoms with Gasteiger partial charge in [0.05, 0.1) is 52.8 Å². The number of benzene rings is 4. The third kappa shape index (κ3) is 10.6. The molecule has 0 aliphatic carbocycles. The van der Waals surface area contributed by atoms with Crippen LogP contribution in [0.2, 0.25) is 10.0 Å². The summed E-state index contributed by atoms with van der Waals surface area (Å²) in [6.07, 6.45) is 4.99. The maximum atomic E-state index is 12.3. The van der Waals surface area contributed by atoms with Gasteiger partial charge in [-0.15, -0.1) is 0 Å². The van der Waals surface area contributed by atoms with Gasteiger partial charge in [-0.05, 0) is 59.7 Å². The van der Waals surface area contributed by atoms with Gasteiger partial charge in [0.15, 0.2) is 0 Å². The zero-order valence-corrected chi connectivity index (χ0v) is 32.7. The first-order valence-corrected chi connectivity index (χ1v) is 20.1. The molecule has 22 heteroatoms. The maximum absolute atomic E-state index is 12.3. The molecule has 0 unspecified atom stereocenters. The van der Waals surface area contributed by atoms with Gasteiger partial charge in [-0.25, -0.2) is 36.5 Å². The van der Waals surface area contributed by atoms with Gasteiger partial charge in [-0.3, -0.25) is 14.4 Å². The highest BCUT2D eigenvalue weighted by Crippen LogP contribution is 2.28. The predicted octanol–water partition coefficient (Wildman–Crippen LogP) is 3.38. The molecule has 0 radical (unpaired) electrons. The van der Waals surface area contributed by atoms with E-state index in [-0.39, 0.29) is 73.2 Å². The van der Waals surface area contributed by atoms with Crippen LogP contribution in [0.5, 0.6) is 5.75 Å². The number of aromatic hydroxyl groups is 1. The lowest BCUT2D eigenvalue weighted by Gasteiger charge is -2.12. The summed E-state index contributed by atoms with van der Waals surface area (Å²) in [4.78, 5) is 35.3. The van der Waals surface area contributed by atoms with Crippen molar-refractivity contribution in [1.82, 2.24) is 19.6 Å². The van der Waals surface area contributed by atoms with E-state index in [1.165, 1.54) is 71.9 Å². The number of carbonyl (C=O) groups excluding carboxylic acids is 3. The molecule has 6 rings (SSSR count). The molecule has 18 nitrogen and oxygen atoms in total. The Morgan fingerprint density at radius 3 is 1.76 bits per heavy atom. The fourth-order valence-electron chi connectivity index (χ4n) is 5.21. The van der Waals surface area contributed by atoms with Crippen LogP contribution in [0.25, 0.3) is 11.4 Å². The van der Waals surface area contributed by atoms with Crippen molar-refractivity contribution in [1.29, 1.82) is 5.26 Å². The summed E-state index contributed by atoms with van der Waals surface area (Å²) in [5, 5.41) is 42.7. The zero-order valence-electron chi connectivity index (χ0n) is 29.6. The monoisotopic (exact) mass is 864 g/mol. The summed E-state index contributed by atoms with van der Waals surface area (Å²) < 4.78 is 50.5. The molecule has 6 aromatic rings. The van der Waals surface area contributed by atoms with E-state index in [9.17, 15) is 36.3 Å². The summed E-state index contributed by atoms with van der Waals surface area (Å²) in [5.74, 6) is -1.72. The highest BCUT2D eigenvalue weighted by atomic mass is 35.5. The molecule has 0 saturated carbocycles. The molecule has 0 bridgehead atoms. The molecule has 0 atom stereocenters. The molecule has 2 aromatic heterocycles. The molecule has 3 amide bonds. The van der Waals surface area contributed by atoms with Gasteiger partial charge in [0, 0.05) is 28.8 Å².